The maximum atomic E-state index is 11.3. The van der Waals surface area contributed by atoms with Crippen LogP contribution in [0.5, 0.6) is 0 Å². The Bertz CT molecular complexity index is 353. The zero-order valence-corrected chi connectivity index (χ0v) is 8.54. The second kappa shape index (κ2) is 4.61. The fourth-order valence-corrected chi connectivity index (χ4v) is 1.17. The van der Waals surface area contributed by atoms with Crippen molar-refractivity contribution >= 4 is 11.5 Å². The summed E-state index contributed by atoms with van der Waals surface area (Å²) in [5.41, 5.74) is 2.34. The van der Waals surface area contributed by atoms with Crippen molar-refractivity contribution in [3.05, 3.63) is 42.0 Å². The second-order valence-corrected chi connectivity index (χ2v) is 3.07. The summed E-state index contributed by atoms with van der Waals surface area (Å²) in [5.74, 6) is -0.349. The number of carbonyl (C=O) groups excluding carboxylic acids is 1. The monoisotopic (exact) mass is 190 g/mol. The Morgan fingerprint density at radius 1 is 1.50 bits per heavy atom. The molecular formula is C12H14O2. The van der Waals surface area contributed by atoms with Crippen molar-refractivity contribution in [2.45, 2.75) is 13.8 Å². The van der Waals surface area contributed by atoms with Crippen LogP contribution in [0.1, 0.15) is 18.1 Å². The predicted molar refractivity (Wildman–Crippen MR) is 56.8 cm³/mol. The number of rotatable bonds is 3. The third kappa shape index (κ3) is 2.46. The first-order chi connectivity index (χ1) is 6.65. The Balaban J connectivity index is 2.84. The molecule has 0 amide bonds. The first kappa shape index (κ1) is 10.5. The number of aryl methyl sites for hydroxylation is 1. The van der Waals surface area contributed by atoms with Gasteiger partial charge in [0.25, 0.3) is 0 Å². The highest BCUT2D eigenvalue weighted by Gasteiger charge is 2.09. The molecule has 1 aromatic rings. The number of ether oxygens (including phenoxy) is 1. The number of benzene rings is 1. The third-order valence-corrected chi connectivity index (χ3v) is 1.89. The minimum Gasteiger partial charge on any atom is -0.462 e. The minimum atomic E-state index is -0.349. The molecule has 0 heterocycles. The lowest BCUT2D eigenvalue weighted by Crippen LogP contribution is -2.05. The molecule has 2 nitrogen and oxygen atoms in total. The molecule has 0 atom stereocenters. The van der Waals surface area contributed by atoms with Crippen LogP contribution in [-0.2, 0) is 9.53 Å². The van der Waals surface area contributed by atoms with E-state index in [1.54, 1.807) is 6.92 Å². The van der Waals surface area contributed by atoms with Crippen LogP contribution >= 0.6 is 0 Å². The van der Waals surface area contributed by atoms with Gasteiger partial charge < -0.3 is 4.74 Å². The fraction of sp³-hybridized carbons (Fsp3) is 0.250. The van der Waals surface area contributed by atoms with Crippen molar-refractivity contribution in [1.82, 2.24) is 0 Å². The van der Waals surface area contributed by atoms with Gasteiger partial charge in [0, 0.05) is 0 Å². The predicted octanol–water partition coefficient (Wildman–Crippen LogP) is 2.57. The van der Waals surface area contributed by atoms with E-state index in [2.05, 4.69) is 6.58 Å². The molecule has 0 N–H and O–H groups in total. The fourth-order valence-electron chi connectivity index (χ4n) is 1.17. The maximum Gasteiger partial charge on any atom is 0.338 e. The van der Waals surface area contributed by atoms with Crippen LogP contribution < -0.4 is 0 Å². The van der Waals surface area contributed by atoms with Gasteiger partial charge in [-0.1, -0.05) is 36.4 Å². The summed E-state index contributed by atoms with van der Waals surface area (Å²) >= 11 is 0. The standard InChI is InChI=1S/C12H14O2/c1-4-14-12(13)10(3)11-7-5-6-9(2)8-11/h5-8H,3-4H2,1-2H3. The zero-order chi connectivity index (χ0) is 10.6. The SMILES string of the molecule is C=C(C(=O)OCC)c1cccc(C)c1. The molecule has 0 aliphatic heterocycles. The van der Waals surface area contributed by atoms with E-state index < -0.39 is 0 Å². The van der Waals surface area contributed by atoms with E-state index in [9.17, 15) is 4.79 Å². The van der Waals surface area contributed by atoms with Crippen molar-refractivity contribution in [2.24, 2.45) is 0 Å². The van der Waals surface area contributed by atoms with Crippen LogP contribution in [0.3, 0.4) is 0 Å². The van der Waals surface area contributed by atoms with Crippen molar-refractivity contribution < 1.29 is 9.53 Å². The third-order valence-electron chi connectivity index (χ3n) is 1.89. The Hall–Kier alpha value is -1.57. The Kier molecular flexibility index (Phi) is 3.46. The summed E-state index contributed by atoms with van der Waals surface area (Å²) < 4.78 is 4.86. The van der Waals surface area contributed by atoms with Crippen LogP contribution in [0.2, 0.25) is 0 Å². The number of esters is 1. The Morgan fingerprint density at radius 3 is 2.79 bits per heavy atom. The van der Waals surface area contributed by atoms with Crippen LogP contribution in [0.25, 0.3) is 5.57 Å². The Morgan fingerprint density at radius 2 is 2.21 bits per heavy atom. The van der Waals surface area contributed by atoms with Crippen LogP contribution in [0.15, 0.2) is 30.8 Å². The normalized spacial score (nSPS) is 9.57. The molecule has 0 spiro atoms. The number of hydrogen-bond donors (Lipinski definition) is 0. The molecule has 0 aliphatic carbocycles. The first-order valence-electron chi connectivity index (χ1n) is 4.58. The zero-order valence-electron chi connectivity index (χ0n) is 8.54. The highest BCUT2D eigenvalue weighted by Crippen LogP contribution is 2.15. The summed E-state index contributed by atoms with van der Waals surface area (Å²) in [6, 6.07) is 7.64. The smallest absolute Gasteiger partial charge is 0.338 e. The van der Waals surface area contributed by atoms with Gasteiger partial charge in [-0.05, 0) is 19.4 Å². The molecule has 14 heavy (non-hydrogen) atoms. The average molecular weight is 190 g/mol. The van der Waals surface area contributed by atoms with Gasteiger partial charge in [0.05, 0.1) is 12.2 Å². The van der Waals surface area contributed by atoms with Gasteiger partial charge in [-0.2, -0.15) is 0 Å². The topological polar surface area (TPSA) is 26.3 Å². The number of carbonyl (C=O) groups is 1. The van der Waals surface area contributed by atoms with Gasteiger partial charge in [0.1, 0.15) is 0 Å². The van der Waals surface area contributed by atoms with E-state index in [0.717, 1.165) is 11.1 Å². The minimum absolute atomic E-state index is 0.349. The summed E-state index contributed by atoms with van der Waals surface area (Å²) in [6.45, 7) is 7.84. The van der Waals surface area contributed by atoms with Crippen molar-refractivity contribution in [3.63, 3.8) is 0 Å². The van der Waals surface area contributed by atoms with Gasteiger partial charge in [0.15, 0.2) is 0 Å². The van der Waals surface area contributed by atoms with Gasteiger partial charge >= 0.3 is 5.97 Å². The number of hydrogen-bond acceptors (Lipinski definition) is 2. The Labute approximate surface area is 84.2 Å². The quantitative estimate of drug-likeness (QED) is 0.541. The lowest BCUT2D eigenvalue weighted by Gasteiger charge is -2.05. The van der Waals surface area contributed by atoms with E-state index in [-0.39, 0.29) is 5.97 Å². The van der Waals surface area contributed by atoms with Crippen LogP contribution in [0.4, 0.5) is 0 Å². The van der Waals surface area contributed by atoms with Gasteiger partial charge in [-0.3, -0.25) is 0 Å². The molecule has 0 unspecified atom stereocenters. The van der Waals surface area contributed by atoms with Crippen molar-refractivity contribution in [3.8, 4) is 0 Å². The first-order valence-corrected chi connectivity index (χ1v) is 4.58. The van der Waals surface area contributed by atoms with E-state index >= 15 is 0 Å². The molecule has 0 radical (unpaired) electrons. The molecule has 0 saturated heterocycles. The largest absolute Gasteiger partial charge is 0.462 e. The summed E-state index contributed by atoms with van der Waals surface area (Å²) in [7, 11) is 0. The van der Waals surface area contributed by atoms with Crippen LogP contribution in [0, 0.1) is 6.92 Å². The maximum absolute atomic E-state index is 11.3. The average Bonchev–Trinajstić information content (AvgIpc) is 2.17. The highest BCUT2D eigenvalue weighted by molar-refractivity contribution is 6.15. The van der Waals surface area contributed by atoms with E-state index in [1.807, 2.05) is 31.2 Å². The molecule has 1 rings (SSSR count). The molecule has 1 aromatic carbocycles. The molecule has 74 valence electrons. The van der Waals surface area contributed by atoms with E-state index in [0.29, 0.717) is 12.2 Å². The second-order valence-electron chi connectivity index (χ2n) is 3.07. The molecule has 0 aromatic heterocycles. The van der Waals surface area contributed by atoms with E-state index in [4.69, 9.17) is 4.74 Å². The summed E-state index contributed by atoms with van der Waals surface area (Å²) in [4.78, 5) is 11.3. The van der Waals surface area contributed by atoms with E-state index in [1.165, 1.54) is 0 Å². The summed E-state index contributed by atoms with van der Waals surface area (Å²) in [5, 5.41) is 0. The molecule has 0 bridgehead atoms. The van der Waals surface area contributed by atoms with Gasteiger partial charge in [-0.15, -0.1) is 0 Å². The molecular weight excluding hydrogens is 176 g/mol. The molecule has 0 saturated carbocycles. The van der Waals surface area contributed by atoms with Crippen molar-refractivity contribution in [2.75, 3.05) is 6.61 Å². The lowest BCUT2D eigenvalue weighted by atomic mass is 10.1. The van der Waals surface area contributed by atoms with Crippen LogP contribution in [-0.4, -0.2) is 12.6 Å². The molecule has 2 heteroatoms. The molecule has 0 aliphatic rings. The lowest BCUT2D eigenvalue weighted by molar-refractivity contribution is -0.136. The highest BCUT2D eigenvalue weighted by atomic mass is 16.5. The summed E-state index contributed by atoms with van der Waals surface area (Å²) in [6.07, 6.45) is 0. The van der Waals surface area contributed by atoms with Crippen molar-refractivity contribution in [1.29, 1.82) is 0 Å². The molecule has 0 fully saturated rings. The van der Waals surface area contributed by atoms with Gasteiger partial charge in [0.2, 0.25) is 0 Å². The van der Waals surface area contributed by atoms with Gasteiger partial charge in [-0.25, -0.2) is 4.79 Å².